The third-order valence-electron chi connectivity index (χ3n) is 3.19. The van der Waals surface area contributed by atoms with Crippen molar-refractivity contribution >= 4 is 16.6 Å². The monoisotopic (exact) mass is 241 g/mol. The maximum Gasteiger partial charge on any atom is 0.142 e. The lowest BCUT2D eigenvalue weighted by molar-refractivity contribution is 0.417. The summed E-state index contributed by atoms with van der Waals surface area (Å²) >= 11 is 0. The minimum absolute atomic E-state index is 0.644. The molecule has 0 saturated heterocycles. The smallest absolute Gasteiger partial charge is 0.142 e. The molecule has 18 heavy (non-hydrogen) atoms. The van der Waals surface area contributed by atoms with Gasteiger partial charge >= 0.3 is 0 Å². The molecule has 3 N–H and O–H groups in total. The summed E-state index contributed by atoms with van der Waals surface area (Å²) in [4.78, 5) is 3.37. The van der Waals surface area contributed by atoms with E-state index in [0.717, 1.165) is 22.3 Å². The van der Waals surface area contributed by atoms with Gasteiger partial charge in [-0.15, -0.1) is 0 Å². The molecular formula is C14H15N3O. The van der Waals surface area contributed by atoms with Crippen molar-refractivity contribution < 1.29 is 4.74 Å². The van der Waals surface area contributed by atoms with Gasteiger partial charge in [-0.05, 0) is 30.3 Å². The van der Waals surface area contributed by atoms with Gasteiger partial charge in [0.15, 0.2) is 0 Å². The normalized spacial score (nSPS) is 11.0. The van der Waals surface area contributed by atoms with Crippen LogP contribution in [0.4, 0.5) is 5.69 Å². The van der Waals surface area contributed by atoms with Gasteiger partial charge in [0.2, 0.25) is 0 Å². The molecular weight excluding hydrogens is 226 g/mol. The number of anilines is 1. The number of nitrogen functional groups attached to an aromatic ring is 1. The number of aryl methyl sites for hydroxylation is 1. The summed E-state index contributed by atoms with van der Waals surface area (Å²) in [6.45, 7) is 0. The predicted molar refractivity (Wildman–Crippen MR) is 73.7 cm³/mol. The predicted octanol–water partition coefficient (Wildman–Crippen LogP) is 2.76. The van der Waals surface area contributed by atoms with Crippen LogP contribution in [0.5, 0.6) is 5.75 Å². The number of fused-ring (bicyclic) bond motifs is 1. The standard InChI is InChI=1S/C14H15N3O/c1-17-5-3-4-13(17)12-6-9-7-14(18-2)10(15)8-11(9)16-12/h3-8,16H,15H2,1-2H3. The molecule has 0 fully saturated rings. The number of nitrogens with two attached hydrogens (primary N) is 1. The number of hydrogen-bond donors (Lipinski definition) is 2. The van der Waals surface area contributed by atoms with E-state index in [9.17, 15) is 0 Å². The van der Waals surface area contributed by atoms with E-state index >= 15 is 0 Å². The summed E-state index contributed by atoms with van der Waals surface area (Å²) in [5.74, 6) is 0.708. The first-order valence-electron chi connectivity index (χ1n) is 5.77. The van der Waals surface area contributed by atoms with Crippen LogP contribution >= 0.6 is 0 Å². The van der Waals surface area contributed by atoms with Crippen LogP contribution in [0.25, 0.3) is 22.3 Å². The summed E-state index contributed by atoms with van der Waals surface area (Å²) in [6, 6.07) is 10.1. The number of rotatable bonds is 2. The molecule has 3 rings (SSSR count). The molecule has 0 aliphatic carbocycles. The third-order valence-corrected chi connectivity index (χ3v) is 3.19. The van der Waals surface area contributed by atoms with E-state index in [4.69, 9.17) is 10.5 Å². The van der Waals surface area contributed by atoms with Gasteiger partial charge < -0.3 is 20.0 Å². The number of aromatic nitrogens is 2. The lowest BCUT2D eigenvalue weighted by Gasteiger charge is -2.03. The first-order valence-corrected chi connectivity index (χ1v) is 5.77. The van der Waals surface area contributed by atoms with Crippen molar-refractivity contribution in [2.24, 2.45) is 7.05 Å². The number of hydrogen-bond acceptors (Lipinski definition) is 2. The second-order valence-corrected chi connectivity index (χ2v) is 4.37. The van der Waals surface area contributed by atoms with Crippen LogP contribution < -0.4 is 10.5 Å². The molecule has 4 nitrogen and oxygen atoms in total. The van der Waals surface area contributed by atoms with Gasteiger partial charge in [0.25, 0.3) is 0 Å². The van der Waals surface area contributed by atoms with Crippen LogP contribution in [-0.2, 0) is 7.05 Å². The van der Waals surface area contributed by atoms with Crippen LogP contribution in [-0.4, -0.2) is 16.7 Å². The fraction of sp³-hybridized carbons (Fsp3) is 0.143. The molecule has 92 valence electrons. The fourth-order valence-corrected chi connectivity index (χ4v) is 2.23. The molecule has 0 bridgehead atoms. The maximum absolute atomic E-state index is 5.90. The number of nitrogens with zero attached hydrogens (tertiary/aromatic N) is 1. The number of benzene rings is 1. The van der Waals surface area contributed by atoms with E-state index in [1.54, 1.807) is 7.11 Å². The number of ether oxygens (including phenoxy) is 1. The van der Waals surface area contributed by atoms with Gasteiger partial charge in [-0.25, -0.2) is 0 Å². The molecule has 2 heterocycles. The molecule has 0 spiro atoms. The topological polar surface area (TPSA) is 56.0 Å². The Morgan fingerprint density at radius 2 is 2.11 bits per heavy atom. The first-order chi connectivity index (χ1) is 8.69. The molecule has 0 atom stereocenters. The molecule has 0 aliphatic rings. The Bertz CT molecular complexity index is 709. The molecule has 0 radical (unpaired) electrons. The number of nitrogens with one attached hydrogen (secondary N) is 1. The Kier molecular flexibility index (Phi) is 2.30. The quantitative estimate of drug-likeness (QED) is 0.678. The third kappa shape index (κ3) is 1.54. The van der Waals surface area contributed by atoms with E-state index in [-0.39, 0.29) is 0 Å². The van der Waals surface area contributed by atoms with Gasteiger partial charge in [0.1, 0.15) is 5.75 Å². The second-order valence-electron chi connectivity index (χ2n) is 4.37. The molecule has 2 aromatic heterocycles. The van der Waals surface area contributed by atoms with Gasteiger partial charge in [-0.1, -0.05) is 0 Å². The number of aromatic amines is 1. The first kappa shape index (κ1) is 10.8. The Morgan fingerprint density at radius 3 is 2.78 bits per heavy atom. The summed E-state index contributed by atoms with van der Waals surface area (Å²) in [7, 11) is 3.65. The van der Waals surface area contributed by atoms with Crippen LogP contribution in [0.15, 0.2) is 36.5 Å². The summed E-state index contributed by atoms with van der Waals surface area (Å²) in [5.41, 5.74) is 9.78. The lowest BCUT2D eigenvalue weighted by Crippen LogP contribution is -1.91. The molecule has 0 unspecified atom stereocenters. The summed E-state index contributed by atoms with van der Waals surface area (Å²) in [6.07, 6.45) is 2.02. The van der Waals surface area contributed by atoms with Crippen LogP contribution in [0.1, 0.15) is 0 Å². The van der Waals surface area contributed by atoms with Crippen molar-refractivity contribution in [1.29, 1.82) is 0 Å². The molecule has 1 aromatic carbocycles. The zero-order chi connectivity index (χ0) is 12.7. The molecule has 0 aliphatic heterocycles. The highest BCUT2D eigenvalue weighted by molar-refractivity contribution is 5.89. The minimum Gasteiger partial charge on any atom is -0.495 e. The summed E-state index contributed by atoms with van der Waals surface area (Å²) in [5, 5.41) is 1.09. The Labute approximate surface area is 105 Å². The SMILES string of the molecule is COc1cc2cc(-c3cccn3C)[nH]c2cc1N. The van der Waals surface area contributed by atoms with E-state index < -0.39 is 0 Å². The van der Waals surface area contributed by atoms with E-state index in [1.807, 2.05) is 31.4 Å². The van der Waals surface area contributed by atoms with Gasteiger partial charge in [0, 0.05) is 24.1 Å². The highest BCUT2D eigenvalue weighted by atomic mass is 16.5. The Morgan fingerprint density at radius 1 is 1.28 bits per heavy atom. The molecule has 4 heteroatoms. The summed E-state index contributed by atoms with van der Waals surface area (Å²) < 4.78 is 7.31. The molecule has 0 saturated carbocycles. The van der Waals surface area contributed by atoms with E-state index in [1.165, 1.54) is 0 Å². The van der Waals surface area contributed by atoms with Crippen molar-refractivity contribution in [3.05, 3.63) is 36.5 Å². The van der Waals surface area contributed by atoms with Crippen LogP contribution in [0, 0.1) is 0 Å². The van der Waals surface area contributed by atoms with Crippen LogP contribution in [0.2, 0.25) is 0 Å². The lowest BCUT2D eigenvalue weighted by atomic mass is 10.2. The fourth-order valence-electron chi connectivity index (χ4n) is 2.23. The molecule has 3 aromatic rings. The highest BCUT2D eigenvalue weighted by Crippen LogP contribution is 2.31. The van der Waals surface area contributed by atoms with Crippen LogP contribution in [0.3, 0.4) is 0 Å². The number of H-pyrrole nitrogens is 1. The van der Waals surface area contributed by atoms with Crippen molar-refractivity contribution in [1.82, 2.24) is 9.55 Å². The van der Waals surface area contributed by atoms with Crippen molar-refractivity contribution in [2.45, 2.75) is 0 Å². The van der Waals surface area contributed by atoms with Crippen molar-refractivity contribution in [3.63, 3.8) is 0 Å². The average molecular weight is 241 g/mol. The number of methoxy groups -OCH3 is 1. The van der Waals surface area contributed by atoms with Gasteiger partial charge in [0.05, 0.1) is 24.2 Å². The minimum atomic E-state index is 0.644. The van der Waals surface area contributed by atoms with Gasteiger partial charge in [-0.3, -0.25) is 0 Å². The van der Waals surface area contributed by atoms with Crippen molar-refractivity contribution in [2.75, 3.05) is 12.8 Å². The Balaban J connectivity index is 2.20. The van der Waals surface area contributed by atoms with E-state index in [0.29, 0.717) is 11.4 Å². The Hall–Kier alpha value is -2.36. The van der Waals surface area contributed by atoms with Gasteiger partial charge in [-0.2, -0.15) is 0 Å². The average Bonchev–Trinajstić information content (AvgIpc) is 2.93. The second kappa shape index (κ2) is 3.84. The highest BCUT2D eigenvalue weighted by Gasteiger charge is 2.08. The van der Waals surface area contributed by atoms with E-state index in [2.05, 4.69) is 21.7 Å². The maximum atomic E-state index is 5.90. The molecule has 0 amide bonds. The zero-order valence-electron chi connectivity index (χ0n) is 10.4. The zero-order valence-corrected chi connectivity index (χ0v) is 10.4. The van der Waals surface area contributed by atoms with Crippen molar-refractivity contribution in [3.8, 4) is 17.1 Å². The largest absolute Gasteiger partial charge is 0.495 e.